The van der Waals surface area contributed by atoms with Crippen LogP contribution in [0, 0.1) is 11.8 Å². The molecule has 138 valence electrons. The van der Waals surface area contributed by atoms with Crippen LogP contribution in [0.5, 0.6) is 0 Å². The van der Waals surface area contributed by atoms with Gasteiger partial charge in [-0.25, -0.2) is 9.97 Å². The molecule has 2 aliphatic heterocycles. The molecule has 2 aliphatic rings. The van der Waals surface area contributed by atoms with E-state index in [1.165, 1.54) is 43.5 Å². The zero-order valence-electron chi connectivity index (χ0n) is 15.7. The van der Waals surface area contributed by atoms with Gasteiger partial charge in [0.2, 0.25) is 5.95 Å². The number of rotatable bonds is 5. The van der Waals surface area contributed by atoms with Crippen LogP contribution in [0.2, 0.25) is 0 Å². The van der Waals surface area contributed by atoms with Crippen molar-refractivity contribution >= 4 is 5.95 Å². The lowest BCUT2D eigenvalue weighted by Crippen LogP contribution is -2.36. The standard InChI is InChI=1S/C21H29N5/c1-2-17-13-23-21(24-14-17)26-11-7-20(16-26)19-5-9-25(10-6-19)15-18-4-3-8-22-12-18/h3-4,8,12-14,19-20H,2,5-7,9-11,15-16H2,1H3/t20-/m0/s1. The lowest BCUT2D eigenvalue weighted by molar-refractivity contribution is 0.147. The lowest BCUT2D eigenvalue weighted by Gasteiger charge is -2.34. The second kappa shape index (κ2) is 8.12. The summed E-state index contributed by atoms with van der Waals surface area (Å²) in [7, 11) is 0. The molecule has 2 aromatic heterocycles. The highest BCUT2D eigenvalue weighted by Gasteiger charge is 2.32. The molecule has 1 atom stereocenters. The van der Waals surface area contributed by atoms with Crippen molar-refractivity contribution in [3.05, 3.63) is 48.0 Å². The van der Waals surface area contributed by atoms with E-state index in [4.69, 9.17) is 0 Å². The molecule has 0 aromatic carbocycles. The van der Waals surface area contributed by atoms with Gasteiger partial charge < -0.3 is 4.90 Å². The van der Waals surface area contributed by atoms with Crippen molar-refractivity contribution in [1.29, 1.82) is 0 Å². The van der Waals surface area contributed by atoms with E-state index in [1.807, 2.05) is 30.9 Å². The Balaban J connectivity index is 1.27. The van der Waals surface area contributed by atoms with Gasteiger partial charge in [-0.05, 0) is 67.8 Å². The lowest BCUT2D eigenvalue weighted by atomic mass is 9.83. The number of hydrogen-bond acceptors (Lipinski definition) is 5. The summed E-state index contributed by atoms with van der Waals surface area (Å²) < 4.78 is 0. The third-order valence-corrected chi connectivity index (χ3v) is 6.04. The van der Waals surface area contributed by atoms with Crippen molar-refractivity contribution in [3.8, 4) is 0 Å². The fourth-order valence-electron chi connectivity index (χ4n) is 4.38. The summed E-state index contributed by atoms with van der Waals surface area (Å²) in [5.41, 5.74) is 2.54. The number of aryl methyl sites for hydroxylation is 1. The van der Waals surface area contributed by atoms with Gasteiger partial charge in [0.25, 0.3) is 0 Å². The number of likely N-dealkylation sites (tertiary alicyclic amines) is 1. The van der Waals surface area contributed by atoms with Gasteiger partial charge in [0, 0.05) is 44.4 Å². The van der Waals surface area contributed by atoms with Crippen LogP contribution in [-0.4, -0.2) is 46.0 Å². The topological polar surface area (TPSA) is 45.2 Å². The first-order valence-electron chi connectivity index (χ1n) is 9.99. The van der Waals surface area contributed by atoms with Gasteiger partial charge in [-0.2, -0.15) is 0 Å². The molecule has 0 unspecified atom stereocenters. The maximum atomic E-state index is 4.57. The average molecular weight is 351 g/mol. The number of aromatic nitrogens is 3. The van der Waals surface area contributed by atoms with Crippen molar-refractivity contribution in [2.75, 3.05) is 31.1 Å². The molecule has 0 saturated carbocycles. The molecule has 4 rings (SSSR count). The number of piperidine rings is 1. The summed E-state index contributed by atoms with van der Waals surface area (Å²) in [4.78, 5) is 18.3. The predicted octanol–water partition coefficient (Wildman–Crippen LogP) is 3.17. The van der Waals surface area contributed by atoms with Gasteiger partial charge in [0.05, 0.1) is 0 Å². The Hall–Kier alpha value is -2.01. The molecule has 0 bridgehead atoms. The fourth-order valence-corrected chi connectivity index (χ4v) is 4.38. The second-order valence-electron chi connectivity index (χ2n) is 7.71. The van der Waals surface area contributed by atoms with E-state index < -0.39 is 0 Å². The Morgan fingerprint density at radius 2 is 1.73 bits per heavy atom. The molecule has 0 radical (unpaired) electrons. The van der Waals surface area contributed by atoms with E-state index in [0.717, 1.165) is 43.8 Å². The minimum absolute atomic E-state index is 0.796. The normalized spacial score (nSPS) is 22.0. The molecule has 0 aliphatic carbocycles. The van der Waals surface area contributed by atoms with Crippen LogP contribution >= 0.6 is 0 Å². The molecule has 0 spiro atoms. The van der Waals surface area contributed by atoms with Crippen LogP contribution in [0.15, 0.2) is 36.9 Å². The maximum absolute atomic E-state index is 4.57. The molecule has 0 N–H and O–H groups in total. The van der Waals surface area contributed by atoms with Crippen LogP contribution in [0.25, 0.3) is 0 Å². The Morgan fingerprint density at radius 1 is 0.962 bits per heavy atom. The molecular formula is C21H29N5. The van der Waals surface area contributed by atoms with Crippen LogP contribution in [0.3, 0.4) is 0 Å². The largest absolute Gasteiger partial charge is 0.341 e. The van der Waals surface area contributed by atoms with Crippen molar-refractivity contribution in [2.24, 2.45) is 11.8 Å². The smallest absolute Gasteiger partial charge is 0.225 e. The van der Waals surface area contributed by atoms with E-state index >= 15 is 0 Å². The molecular weight excluding hydrogens is 322 g/mol. The summed E-state index contributed by atoms with van der Waals surface area (Å²) in [5, 5.41) is 0. The van der Waals surface area contributed by atoms with Gasteiger partial charge in [0.1, 0.15) is 0 Å². The third-order valence-electron chi connectivity index (χ3n) is 6.04. The minimum atomic E-state index is 0.796. The zero-order chi connectivity index (χ0) is 17.8. The Labute approximate surface area is 156 Å². The van der Waals surface area contributed by atoms with Crippen LogP contribution < -0.4 is 4.90 Å². The molecule has 26 heavy (non-hydrogen) atoms. The SMILES string of the molecule is CCc1cnc(N2CC[C@H](C3CCN(Cc4cccnc4)CC3)C2)nc1. The molecule has 2 aromatic rings. The van der Waals surface area contributed by atoms with Gasteiger partial charge in [-0.15, -0.1) is 0 Å². The van der Waals surface area contributed by atoms with Gasteiger partial charge >= 0.3 is 0 Å². The summed E-state index contributed by atoms with van der Waals surface area (Å²) in [5.74, 6) is 2.56. The van der Waals surface area contributed by atoms with E-state index in [-0.39, 0.29) is 0 Å². The molecule has 0 amide bonds. The van der Waals surface area contributed by atoms with Gasteiger partial charge in [-0.3, -0.25) is 9.88 Å². The summed E-state index contributed by atoms with van der Waals surface area (Å²) >= 11 is 0. The molecule has 2 fully saturated rings. The first-order valence-corrected chi connectivity index (χ1v) is 9.99. The van der Waals surface area contributed by atoms with Crippen LogP contribution in [-0.2, 0) is 13.0 Å². The van der Waals surface area contributed by atoms with Gasteiger partial charge in [0.15, 0.2) is 0 Å². The van der Waals surface area contributed by atoms with Crippen molar-refractivity contribution in [1.82, 2.24) is 19.9 Å². The van der Waals surface area contributed by atoms with E-state index in [9.17, 15) is 0 Å². The number of hydrogen-bond donors (Lipinski definition) is 0. The first-order chi connectivity index (χ1) is 12.8. The van der Waals surface area contributed by atoms with Crippen molar-refractivity contribution < 1.29 is 0 Å². The first kappa shape index (κ1) is 17.4. The number of anilines is 1. The third kappa shape index (κ3) is 4.04. The summed E-state index contributed by atoms with van der Waals surface area (Å²) in [6.45, 7) is 7.82. The molecule has 5 heteroatoms. The highest BCUT2D eigenvalue weighted by Crippen LogP contribution is 2.33. The number of pyridine rings is 1. The Morgan fingerprint density at radius 3 is 2.42 bits per heavy atom. The average Bonchev–Trinajstić information content (AvgIpc) is 3.20. The predicted molar refractivity (Wildman–Crippen MR) is 104 cm³/mol. The van der Waals surface area contributed by atoms with Crippen LogP contribution in [0.4, 0.5) is 5.95 Å². The molecule has 5 nitrogen and oxygen atoms in total. The van der Waals surface area contributed by atoms with Gasteiger partial charge in [-0.1, -0.05) is 13.0 Å². The monoisotopic (exact) mass is 351 g/mol. The minimum Gasteiger partial charge on any atom is -0.341 e. The van der Waals surface area contributed by atoms with E-state index in [1.54, 1.807) is 0 Å². The zero-order valence-corrected chi connectivity index (χ0v) is 15.7. The maximum Gasteiger partial charge on any atom is 0.225 e. The highest BCUT2D eigenvalue weighted by molar-refractivity contribution is 5.31. The molecule has 4 heterocycles. The number of nitrogens with zero attached hydrogens (tertiary/aromatic N) is 5. The van der Waals surface area contributed by atoms with Crippen molar-refractivity contribution in [3.63, 3.8) is 0 Å². The molecule has 2 saturated heterocycles. The summed E-state index contributed by atoms with van der Waals surface area (Å²) in [6, 6.07) is 4.21. The highest BCUT2D eigenvalue weighted by atomic mass is 15.3. The van der Waals surface area contributed by atoms with Crippen LogP contribution in [0.1, 0.15) is 37.3 Å². The fraction of sp³-hybridized carbons (Fsp3) is 0.571. The van der Waals surface area contributed by atoms with Crippen molar-refractivity contribution in [2.45, 2.75) is 39.2 Å². The quantitative estimate of drug-likeness (QED) is 0.828. The summed E-state index contributed by atoms with van der Waals surface area (Å²) in [6.07, 6.45) is 12.7. The van der Waals surface area contributed by atoms with E-state index in [0.29, 0.717) is 0 Å². The second-order valence-corrected chi connectivity index (χ2v) is 7.71. The Bertz CT molecular complexity index is 679. The Kier molecular flexibility index (Phi) is 5.44. The van der Waals surface area contributed by atoms with E-state index in [2.05, 4.69) is 37.7 Å².